The molecule has 3 N–H and O–H groups in total. The van der Waals surface area contributed by atoms with Crippen LogP contribution in [0.25, 0.3) is 0 Å². The predicted octanol–water partition coefficient (Wildman–Crippen LogP) is -0.292. The highest BCUT2D eigenvalue weighted by Crippen LogP contribution is 2.17. The quantitative estimate of drug-likeness (QED) is 0.695. The van der Waals surface area contributed by atoms with Crippen molar-refractivity contribution in [3.8, 4) is 0 Å². The number of amides is 2. The highest BCUT2D eigenvalue weighted by atomic mass is 16.2. The largest absolute Gasteiger partial charge is 0.359 e. The van der Waals surface area contributed by atoms with Gasteiger partial charge in [-0.15, -0.1) is 0 Å². The molecule has 0 bridgehead atoms. The van der Waals surface area contributed by atoms with E-state index in [4.69, 9.17) is 5.73 Å². The number of carbonyl (C=O) groups excluding carboxylic acids is 2. The number of carbonyl (C=O) groups is 2. The summed E-state index contributed by atoms with van der Waals surface area (Å²) in [5, 5.41) is 2.65. The van der Waals surface area contributed by atoms with Crippen LogP contribution in [0, 0.1) is 5.92 Å². The van der Waals surface area contributed by atoms with Gasteiger partial charge in [0.1, 0.15) is 0 Å². The van der Waals surface area contributed by atoms with Crippen molar-refractivity contribution in [1.29, 1.82) is 0 Å². The van der Waals surface area contributed by atoms with Gasteiger partial charge in [-0.2, -0.15) is 0 Å². The Morgan fingerprint density at radius 3 is 2.44 bits per heavy atom. The number of nitrogens with one attached hydrogen (secondary N) is 1. The molecule has 1 unspecified atom stereocenters. The molecule has 0 saturated carbocycles. The van der Waals surface area contributed by atoms with Gasteiger partial charge in [-0.25, -0.2) is 0 Å². The molecule has 0 aromatic carbocycles. The van der Waals surface area contributed by atoms with Gasteiger partial charge in [0.15, 0.2) is 0 Å². The van der Waals surface area contributed by atoms with Crippen LogP contribution in [0.5, 0.6) is 0 Å². The summed E-state index contributed by atoms with van der Waals surface area (Å²) in [5.41, 5.74) is 5.70. The first-order valence-corrected chi connectivity index (χ1v) is 5.86. The summed E-state index contributed by atoms with van der Waals surface area (Å²) in [5.74, 6) is 0.136. The number of likely N-dealkylation sites (tertiary alicyclic amines) is 1. The molecule has 5 heteroatoms. The van der Waals surface area contributed by atoms with Crippen molar-refractivity contribution in [2.24, 2.45) is 11.7 Å². The molecule has 1 heterocycles. The van der Waals surface area contributed by atoms with E-state index in [2.05, 4.69) is 5.32 Å². The van der Waals surface area contributed by atoms with Crippen molar-refractivity contribution in [3.05, 3.63) is 0 Å². The second-order valence-electron chi connectivity index (χ2n) is 4.23. The first kappa shape index (κ1) is 13.0. The monoisotopic (exact) mass is 227 g/mol. The maximum atomic E-state index is 11.8. The van der Waals surface area contributed by atoms with Gasteiger partial charge in [0, 0.05) is 26.1 Å². The lowest BCUT2D eigenvalue weighted by Gasteiger charge is -2.32. The van der Waals surface area contributed by atoms with E-state index in [1.807, 2.05) is 6.92 Å². The van der Waals surface area contributed by atoms with Crippen LogP contribution in [0.15, 0.2) is 0 Å². The molecule has 0 radical (unpaired) electrons. The Morgan fingerprint density at radius 1 is 1.44 bits per heavy atom. The number of rotatable bonds is 3. The lowest BCUT2D eigenvalue weighted by Crippen LogP contribution is -2.48. The molecule has 1 atom stereocenters. The van der Waals surface area contributed by atoms with Gasteiger partial charge in [0.2, 0.25) is 11.8 Å². The highest BCUT2D eigenvalue weighted by Gasteiger charge is 2.28. The molecule has 1 saturated heterocycles. The lowest BCUT2D eigenvalue weighted by molar-refractivity contribution is -0.136. The molecule has 5 nitrogen and oxygen atoms in total. The fraction of sp³-hybridized carbons (Fsp3) is 0.818. The van der Waals surface area contributed by atoms with Gasteiger partial charge in [-0.3, -0.25) is 9.59 Å². The van der Waals surface area contributed by atoms with Crippen LogP contribution < -0.4 is 11.1 Å². The van der Waals surface area contributed by atoms with Crippen LogP contribution in [0.3, 0.4) is 0 Å². The molecule has 0 aromatic rings. The van der Waals surface area contributed by atoms with E-state index in [0.29, 0.717) is 19.5 Å². The standard InChI is InChI=1S/C11H21N3O2/c1-3-9(12)11(16)14-6-4-8(5-7-14)10(15)13-2/h8-9H,3-7,12H2,1-2H3,(H,13,15). The van der Waals surface area contributed by atoms with Crippen molar-refractivity contribution in [2.45, 2.75) is 32.2 Å². The predicted molar refractivity (Wildman–Crippen MR) is 61.6 cm³/mol. The summed E-state index contributed by atoms with van der Waals surface area (Å²) in [6.07, 6.45) is 2.14. The first-order valence-electron chi connectivity index (χ1n) is 5.86. The number of hydrogen-bond donors (Lipinski definition) is 2. The van der Waals surface area contributed by atoms with Gasteiger partial charge in [-0.05, 0) is 19.3 Å². The topological polar surface area (TPSA) is 75.4 Å². The van der Waals surface area contributed by atoms with Crippen molar-refractivity contribution in [1.82, 2.24) is 10.2 Å². The van der Waals surface area contributed by atoms with E-state index in [9.17, 15) is 9.59 Å². The SMILES string of the molecule is CCC(N)C(=O)N1CCC(C(=O)NC)CC1. The summed E-state index contributed by atoms with van der Waals surface area (Å²) in [7, 11) is 1.65. The summed E-state index contributed by atoms with van der Waals surface area (Å²) in [6.45, 7) is 3.19. The average molecular weight is 227 g/mol. The maximum Gasteiger partial charge on any atom is 0.239 e. The molecule has 1 fully saturated rings. The summed E-state index contributed by atoms with van der Waals surface area (Å²) in [6, 6.07) is -0.392. The minimum absolute atomic E-state index is 0.0119. The van der Waals surface area contributed by atoms with Crippen LogP contribution in [0.4, 0.5) is 0 Å². The molecule has 1 aliphatic rings. The summed E-state index contributed by atoms with van der Waals surface area (Å²) in [4.78, 5) is 24.9. The third-order valence-electron chi connectivity index (χ3n) is 3.18. The van der Waals surface area contributed by atoms with Gasteiger partial charge >= 0.3 is 0 Å². The zero-order valence-corrected chi connectivity index (χ0v) is 10.0. The van der Waals surface area contributed by atoms with Crippen LogP contribution in [-0.4, -0.2) is 42.9 Å². The van der Waals surface area contributed by atoms with Gasteiger partial charge in [-0.1, -0.05) is 6.92 Å². The molecule has 1 aliphatic heterocycles. The molecule has 2 amide bonds. The van der Waals surface area contributed by atoms with Crippen molar-refractivity contribution in [3.63, 3.8) is 0 Å². The minimum atomic E-state index is -0.392. The Balaban J connectivity index is 2.43. The second-order valence-corrected chi connectivity index (χ2v) is 4.23. The Labute approximate surface area is 96.4 Å². The third-order valence-corrected chi connectivity index (χ3v) is 3.18. The molecule has 0 spiro atoms. The lowest BCUT2D eigenvalue weighted by atomic mass is 9.95. The van der Waals surface area contributed by atoms with Crippen molar-refractivity contribution in [2.75, 3.05) is 20.1 Å². The zero-order chi connectivity index (χ0) is 12.1. The second kappa shape index (κ2) is 5.84. The zero-order valence-electron chi connectivity index (χ0n) is 10.0. The summed E-state index contributed by atoms with van der Waals surface area (Å²) >= 11 is 0. The molecular formula is C11H21N3O2. The molecule has 0 aliphatic carbocycles. The van der Waals surface area contributed by atoms with Crippen LogP contribution in [0.1, 0.15) is 26.2 Å². The van der Waals surface area contributed by atoms with E-state index in [1.165, 1.54) is 0 Å². The Hall–Kier alpha value is -1.10. The highest BCUT2D eigenvalue weighted by molar-refractivity contribution is 5.82. The molecule has 1 rings (SSSR count). The van der Waals surface area contributed by atoms with Crippen LogP contribution in [0.2, 0.25) is 0 Å². The number of nitrogens with zero attached hydrogens (tertiary/aromatic N) is 1. The van der Waals surface area contributed by atoms with E-state index in [-0.39, 0.29) is 17.7 Å². The molecule has 16 heavy (non-hydrogen) atoms. The van der Waals surface area contributed by atoms with E-state index < -0.39 is 6.04 Å². The van der Waals surface area contributed by atoms with Crippen LogP contribution in [-0.2, 0) is 9.59 Å². The Kier molecular flexibility index (Phi) is 4.73. The molecule has 92 valence electrons. The molecular weight excluding hydrogens is 206 g/mol. The van der Waals surface area contributed by atoms with E-state index in [0.717, 1.165) is 12.8 Å². The number of hydrogen-bond acceptors (Lipinski definition) is 3. The average Bonchev–Trinajstić information content (AvgIpc) is 2.36. The number of nitrogens with two attached hydrogens (primary N) is 1. The first-order chi connectivity index (χ1) is 7.60. The minimum Gasteiger partial charge on any atom is -0.359 e. The van der Waals surface area contributed by atoms with Crippen LogP contribution >= 0.6 is 0 Å². The van der Waals surface area contributed by atoms with Gasteiger partial charge in [0.05, 0.1) is 6.04 Å². The normalized spacial score (nSPS) is 19.3. The van der Waals surface area contributed by atoms with Gasteiger partial charge < -0.3 is 16.0 Å². The molecule has 0 aromatic heterocycles. The number of piperidine rings is 1. The summed E-state index contributed by atoms with van der Waals surface area (Å²) < 4.78 is 0. The third kappa shape index (κ3) is 2.95. The fourth-order valence-electron chi connectivity index (χ4n) is 1.98. The fourth-order valence-corrected chi connectivity index (χ4v) is 1.98. The Morgan fingerprint density at radius 2 is 2.00 bits per heavy atom. The van der Waals surface area contributed by atoms with Crippen molar-refractivity contribution < 1.29 is 9.59 Å². The van der Waals surface area contributed by atoms with Crippen molar-refractivity contribution >= 4 is 11.8 Å². The Bertz CT molecular complexity index is 260. The maximum absolute atomic E-state index is 11.8. The smallest absolute Gasteiger partial charge is 0.239 e. The van der Waals surface area contributed by atoms with E-state index in [1.54, 1.807) is 11.9 Å². The van der Waals surface area contributed by atoms with Gasteiger partial charge in [0.25, 0.3) is 0 Å². The van der Waals surface area contributed by atoms with E-state index >= 15 is 0 Å².